The molecule has 0 unspecified atom stereocenters. The lowest BCUT2D eigenvalue weighted by Crippen LogP contribution is -2.33. The predicted octanol–water partition coefficient (Wildman–Crippen LogP) is 0.531. The molecule has 3 N–H and O–H groups in total. The molecule has 0 spiro atoms. The fourth-order valence-electron chi connectivity index (χ4n) is 3.49. The Labute approximate surface area is 195 Å². The molecule has 0 aromatic heterocycles. The van der Waals surface area contributed by atoms with E-state index in [1.807, 2.05) is 0 Å². The van der Waals surface area contributed by atoms with E-state index in [0.29, 0.717) is 0 Å². The van der Waals surface area contributed by atoms with Gasteiger partial charge in [-0.3, -0.25) is 4.79 Å². The van der Waals surface area contributed by atoms with Gasteiger partial charge in [0.15, 0.2) is 21.3 Å². The summed E-state index contributed by atoms with van der Waals surface area (Å²) in [6.07, 6.45) is 0.938. The first-order chi connectivity index (χ1) is 15.7. The van der Waals surface area contributed by atoms with E-state index in [2.05, 4.69) is 5.32 Å². The Hall–Kier alpha value is -3.61. The van der Waals surface area contributed by atoms with E-state index in [1.54, 1.807) is 0 Å². The molecule has 12 heteroatoms. The summed E-state index contributed by atoms with van der Waals surface area (Å²) in [6.45, 7) is 2.20. The number of carbonyl (C=O) groups excluding carboxylic acids is 3. The monoisotopic (exact) mass is 491 g/mol. The van der Waals surface area contributed by atoms with Crippen molar-refractivity contribution in [3.8, 4) is 11.5 Å². The number of ether oxygens (including phenoxy) is 2. The van der Waals surface area contributed by atoms with Gasteiger partial charge in [0.2, 0.25) is 11.6 Å². The molecule has 3 rings (SSSR count). The molecule has 34 heavy (non-hydrogen) atoms. The molecule has 1 aliphatic heterocycles. The summed E-state index contributed by atoms with van der Waals surface area (Å²) >= 11 is 0. The van der Waals surface area contributed by atoms with Crippen molar-refractivity contribution >= 4 is 39.0 Å². The summed E-state index contributed by atoms with van der Waals surface area (Å²) in [5, 5.41) is 21.8. The van der Waals surface area contributed by atoms with Crippen LogP contribution in [0, 0.1) is 0 Å². The second-order valence-electron chi connectivity index (χ2n) is 7.77. The van der Waals surface area contributed by atoms with Crippen LogP contribution in [0.4, 0.5) is 5.69 Å². The van der Waals surface area contributed by atoms with Crippen LogP contribution in [-0.4, -0.2) is 71.7 Å². The standard InChI is InChI=1S/C22H22N2O9S/c1-12(25)23-15-7-5-6-14-19(15)21(27)24(20(14)26)16(11-34(4,30)31)13-8-9-17(32-3)18(10-13)33-22(2,28)29/h5-10,28-29H,11H2,1-4H3/p+1. The molecule has 3 amide bonds. The number of hydrogen-bond acceptors (Lipinski definition) is 9. The molecule has 180 valence electrons. The van der Waals surface area contributed by atoms with Gasteiger partial charge in [-0.2, -0.15) is 0 Å². The summed E-state index contributed by atoms with van der Waals surface area (Å²) in [7, 11) is -2.45. The van der Waals surface area contributed by atoms with Crippen molar-refractivity contribution in [2.45, 2.75) is 19.8 Å². The van der Waals surface area contributed by atoms with Gasteiger partial charge in [0, 0.05) is 25.7 Å². The summed E-state index contributed by atoms with van der Waals surface area (Å²) in [6, 6.07) is 8.31. The zero-order valence-corrected chi connectivity index (χ0v) is 19.6. The Morgan fingerprint density at radius 2 is 1.79 bits per heavy atom. The highest BCUT2D eigenvalue weighted by atomic mass is 32.2. The van der Waals surface area contributed by atoms with Crippen LogP contribution in [0.3, 0.4) is 0 Å². The highest BCUT2D eigenvalue weighted by Crippen LogP contribution is 2.32. The smallest absolute Gasteiger partial charge is 0.431 e. The number of fused-ring (bicyclic) bond motifs is 1. The number of rotatable bonds is 7. The maximum atomic E-state index is 13.3. The number of nitrogens with one attached hydrogen (secondary N) is 1. The van der Waals surface area contributed by atoms with Crippen LogP contribution >= 0.6 is 0 Å². The molecule has 0 saturated carbocycles. The van der Waals surface area contributed by atoms with E-state index >= 15 is 0 Å². The average Bonchev–Trinajstić information content (AvgIpc) is 2.95. The number of anilines is 1. The van der Waals surface area contributed by atoms with Crippen molar-refractivity contribution in [2.75, 3.05) is 24.4 Å². The molecule has 2 aromatic carbocycles. The Balaban J connectivity index is 2.28. The minimum atomic E-state index is -3.76. The molecular formula is C22H23N2O9S+. The number of imide groups is 1. The molecule has 1 heterocycles. The summed E-state index contributed by atoms with van der Waals surface area (Å²) in [5.41, 5.74) is -0.0734. The minimum Gasteiger partial charge on any atom is -0.493 e. The van der Waals surface area contributed by atoms with E-state index in [1.165, 1.54) is 50.4 Å². The second-order valence-corrected chi connectivity index (χ2v) is 9.91. The SMILES string of the molecule is COc1ccc(C(CS(C)(=O)=O)=[N+]2C(=O)c3cccc(NC(C)=O)c3C2=O)cc1OC(C)(O)O. The van der Waals surface area contributed by atoms with E-state index < -0.39 is 39.3 Å². The van der Waals surface area contributed by atoms with Crippen LogP contribution in [0.15, 0.2) is 36.4 Å². The van der Waals surface area contributed by atoms with Crippen molar-refractivity contribution < 1.29 is 47.1 Å². The number of methoxy groups -OCH3 is 1. The van der Waals surface area contributed by atoms with Crippen molar-refractivity contribution in [1.82, 2.24) is 0 Å². The third-order valence-corrected chi connectivity index (χ3v) is 5.49. The van der Waals surface area contributed by atoms with E-state index in [0.717, 1.165) is 17.8 Å². The van der Waals surface area contributed by atoms with Crippen LogP contribution in [0.1, 0.15) is 40.1 Å². The van der Waals surface area contributed by atoms with Crippen molar-refractivity contribution in [3.05, 3.63) is 53.1 Å². The maximum Gasteiger partial charge on any atom is 0.431 e. The first-order valence-corrected chi connectivity index (χ1v) is 11.9. The van der Waals surface area contributed by atoms with Gasteiger partial charge >= 0.3 is 17.8 Å². The Morgan fingerprint density at radius 3 is 2.35 bits per heavy atom. The lowest BCUT2D eigenvalue weighted by molar-refractivity contribution is -0.322. The second kappa shape index (κ2) is 8.97. The van der Waals surface area contributed by atoms with Crippen molar-refractivity contribution in [1.29, 1.82) is 0 Å². The minimum absolute atomic E-state index is 0.00877. The number of amides is 3. The van der Waals surface area contributed by atoms with Crippen LogP contribution < -0.4 is 14.8 Å². The van der Waals surface area contributed by atoms with Gasteiger partial charge in [-0.15, -0.1) is 0 Å². The number of carbonyl (C=O) groups is 3. The lowest BCUT2D eigenvalue weighted by Gasteiger charge is -2.20. The molecule has 0 fully saturated rings. The van der Waals surface area contributed by atoms with Crippen LogP contribution in [0.2, 0.25) is 0 Å². The quantitative estimate of drug-likeness (QED) is 0.285. The Bertz CT molecular complexity index is 1340. The van der Waals surface area contributed by atoms with Crippen LogP contribution in [-0.2, 0) is 14.6 Å². The normalized spacial score (nSPS) is 15.1. The van der Waals surface area contributed by atoms with E-state index in [-0.39, 0.29) is 39.6 Å². The number of hydrogen-bond donors (Lipinski definition) is 3. The number of sulfone groups is 1. The van der Waals surface area contributed by atoms with E-state index in [9.17, 15) is 33.0 Å². The zero-order chi connectivity index (χ0) is 25.4. The van der Waals surface area contributed by atoms with Gasteiger partial charge in [-0.05, 0) is 30.3 Å². The van der Waals surface area contributed by atoms with Gasteiger partial charge in [0.25, 0.3) is 0 Å². The van der Waals surface area contributed by atoms with Crippen LogP contribution in [0.5, 0.6) is 11.5 Å². The molecule has 0 atom stereocenters. The molecule has 1 aliphatic rings. The molecule has 0 bridgehead atoms. The van der Waals surface area contributed by atoms with E-state index in [4.69, 9.17) is 9.47 Å². The number of nitrogens with zero attached hydrogens (tertiary/aromatic N) is 1. The Morgan fingerprint density at radius 1 is 1.12 bits per heavy atom. The molecule has 0 aliphatic carbocycles. The molecule has 0 radical (unpaired) electrons. The highest BCUT2D eigenvalue weighted by molar-refractivity contribution is 7.91. The van der Waals surface area contributed by atoms with Crippen molar-refractivity contribution in [2.24, 2.45) is 0 Å². The summed E-state index contributed by atoms with van der Waals surface area (Å²) in [5.74, 6) is -5.43. The largest absolute Gasteiger partial charge is 0.493 e. The summed E-state index contributed by atoms with van der Waals surface area (Å²) in [4.78, 5) is 38.1. The first-order valence-electron chi connectivity index (χ1n) is 9.87. The van der Waals surface area contributed by atoms with Crippen LogP contribution in [0.25, 0.3) is 0 Å². The third-order valence-electron chi connectivity index (χ3n) is 4.69. The topological polar surface area (TPSA) is 159 Å². The fourth-order valence-corrected chi connectivity index (χ4v) is 4.29. The van der Waals surface area contributed by atoms with Gasteiger partial charge in [-0.25, -0.2) is 18.0 Å². The molecule has 0 saturated heterocycles. The molecular weight excluding hydrogens is 468 g/mol. The van der Waals surface area contributed by atoms with Crippen molar-refractivity contribution in [3.63, 3.8) is 0 Å². The first kappa shape index (κ1) is 25.0. The maximum absolute atomic E-state index is 13.3. The third kappa shape index (κ3) is 5.30. The van der Waals surface area contributed by atoms with Gasteiger partial charge in [0.05, 0.1) is 12.8 Å². The van der Waals surface area contributed by atoms with Gasteiger partial charge in [-0.1, -0.05) is 10.6 Å². The molecule has 11 nitrogen and oxygen atoms in total. The highest BCUT2D eigenvalue weighted by Gasteiger charge is 2.47. The zero-order valence-electron chi connectivity index (χ0n) is 18.8. The predicted molar refractivity (Wildman–Crippen MR) is 120 cm³/mol. The Kier molecular flexibility index (Phi) is 6.60. The summed E-state index contributed by atoms with van der Waals surface area (Å²) < 4.78 is 35.4. The average molecular weight is 491 g/mol. The number of benzene rings is 2. The molecule has 2 aromatic rings. The fraction of sp³-hybridized carbons (Fsp3) is 0.273. The van der Waals surface area contributed by atoms with Gasteiger partial charge < -0.3 is 25.0 Å². The van der Waals surface area contributed by atoms with Gasteiger partial charge in [0.1, 0.15) is 16.9 Å². The lowest BCUT2D eigenvalue weighted by atomic mass is 10.1. The number of aliphatic hydroxyl groups is 2.